The molecule has 0 saturated heterocycles. The van der Waals surface area contributed by atoms with Crippen molar-refractivity contribution in [2.75, 3.05) is 17.4 Å². The normalized spacial score (nSPS) is 15.4. The van der Waals surface area contributed by atoms with Gasteiger partial charge < -0.3 is 5.32 Å². The van der Waals surface area contributed by atoms with Crippen LogP contribution in [0.1, 0.15) is 5.56 Å². The number of fused-ring (bicyclic) bond motifs is 1. The fourth-order valence-electron chi connectivity index (χ4n) is 2.41. The predicted octanol–water partition coefficient (Wildman–Crippen LogP) is 2.12. The molecule has 0 fully saturated rings. The molecule has 1 aliphatic heterocycles. The van der Waals surface area contributed by atoms with Crippen LogP contribution in [0.25, 0.3) is 0 Å². The van der Waals surface area contributed by atoms with E-state index in [1.54, 1.807) is 6.07 Å². The van der Waals surface area contributed by atoms with E-state index in [2.05, 4.69) is 5.32 Å². The number of nitrogens with one attached hydrogen (secondary N) is 1. The van der Waals surface area contributed by atoms with Crippen molar-refractivity contribution in [1.29, 1.82) is 0 Å². The van der Waals surface area contributed by atoms with Crippen molar-refractivity contribution >= 4 is 15.7 Å². The van der Waals surface area contributed by atoms with Gasteiger partial charge in [0, 0.05) is 19.6 Å². The third kappa shape index (κ3) is 2.64. The molecule has 21 heavy (non-hydrogen) atoms. The van der Waals surface area contributed by atoms with Crippen LogP contribution in [-0.2, 0) is 16.6 Å². The molecule has 0 aliphatic carbocycles. The van der Waals surface area contributed by atoms with Gasteiger partial charge in [0.2, 0.25) is 0 Å². The second-order valence-corrected chi connectivity index (χ2v) is 6.70. The van der Waals surface area contributed by atoms with Gasteiger partial charge in [-0.2, -0.15) is 0 Å². The SMILES string of the molecule is O=S(=O)(c1ccc(F)cc1)N1CCNCc2ccccc21. The summed E-state index contributed by atoms with van der Waals surface area (Å²) in [7, 11) is -3.69. The summed E-state index contributed by atoms with van der Waals surface area (Å²) in [6, 6.07) is 12.3. The van der Waals surface area contributed by atoms with Crippen LogP contribution in [0.5, 0.6) is 0 Å². The molecule has 0 radical (unpaired) electrons. The smallest absolute Gasteiger partial charge is 0.264 e. The highest BCUT2D eigenvalue weighted by Crippen LogP contribution is 2.28. The third-order valence-corrected chi connectivity index (χ3v) is 5.30. The average Bonchev–Trinajstić information content (AvgIpc) is 2.70. The van der Waals surface area contributed by atoms with Crippen molar-refractivity contribution in [3.8, 4) is 0 Å². The zero-order valence-corrected chi connectivity index (χ0v) is 12.1. The molecule has 0 saturated carbocycles. The topological polar surface area (TPSA) is 49.4 Å². The number of benzene rings is 2. The zero-order chi connectivity index (χ0) is 14.9. The fraction of sp³-hybridized carbons (Fsp3) is 0.200. The van der Waals surface area contributed by atoms with Crippen molar-refractivity contribution in [2.24, 2.45) is 0 Å². The molecule has 6 heteroatoms. The maximum atomic E-state index is 13.0. The van der Waals surface area contributed by atoms with Crippen LogP contribution in [0, 0.1) is 5.82 Å². The Labute approximate surface area is 123 Å². The summed E-state index contributed by atoms with van der Waals surface area (Å²) >= 11 is 0. The van der Waals surface area contributed by atoms with Gasteiger partial charge in [-0.05, 0) is 35.9 Å². The summed E-state index contributed by atoms with van der Waals surface area (Å²) in [5.74, 6) is -0.452. The molecule has 2 aromatic rings. The molecule has 1 heterocycles. The Bertz CT molecular complexity index is 745. The number of hydrogen-bond acceptors (Lipinski definition) is 3. The second kappa shape index (κ2) is 5.46. The predicted molar refractivity (Wildman–Crippen MR) is 79.1 cm³/mol. The highest BCUT2D eigenvalue weighted by Gasteiger charge is 2.27. The maximum absolute atomic E-state index is 13.0. The van der Waals surface area contributed by atoms with Gasteiger partial charge in [0.25, 0.3) is 10.0 Å². The van der Waals surface area contributed by atoms with E-state index in [4.69, 9.17) is 0 Å². The van der Waals surface area contributed by atoms with Crippen LogP contribution in [0.4, 0.5) is 10.1 Å². The van der Waals surface area contributed by atoms with Gasteiger partial charge in [0.1, 0.15) is 5.82 Å². The molecular weight excluding hydrogens is 291 g/mol. The van der Waals surface area contributed by atoms with Crippen molar-refractivity contribution in [1.82, 2.24) is 5.32 Å². The van der Waals surface area contributed by atoms with Gasteiger partial charge in [-0.3, -0.25) is 4.31 Å². The standard InChI is InChI=1S/C15H15FN2O2S/c16-13-5-7-14(8-6-13)21(19,20)18-10-9-17-11-12-3-1-2-4-15(12)18/h1-8,17H,9-11H2. The Balaban J connectivity index is 2.08. The lowest BCUT2D eigenvalue weighted by atomic mass is 10.2. The van der Waals surface area contributed by atoms with E-state index in [1.807, 2.05) is 18.2 Å². The summed E-state index contributed by atoms with van der Waals surface area (Å²) < 4.78 is 40.0. The van der Waals surface area contributed by atoms with Crippen LogP contribution in [-0.4, -0.2) is 21.5 Å². The van der Waals surface area contributed by atoms with Gasteiger partial charge >= 0.3 is 0 Å². The first kappa shape index (κ1) is 14.0. The van der Waals surface area contributed by atoms with E-state index in [0.717, 1.165) is 17.7 Å². The van der Waals surface area contributed by atoms with Gasteiger partial charge in [-0.15, -0.1) is 0 Å². The summed E-state index contributed by atoms with van der Waals surface area (Å²) in [6.45, 7) is 1.54. The molecule has 3 rings (SSSR count). The first-order chi connectivity index (χ1) is 10.1. The lowest BCUT2D eigenvalue weighted by Gasteiger charge is -2.24. The number of para-hydroxylation sites is 1. The summed E-state index contributed by atoms with van der Waals surface area (Å²) in [5, 5.41) is 3.20. The van der Waals surface area contributed by atoms with Gasteiger partial charge in [0.05, 0.1) is 10.6 Å². The molecule has 0 unspecified atom stereocenters. The highest BCUT2D eigenvalue weighted by atomic mass is 32.2. The van der Waals surface area contributed by atoms with E-state index < -0.39 is 15.8 Å². The Hall–Kier alpha value is -1.92. The maximum Gasteiger partial charge on any atom is 0.264 e. The van der Waals surface area contributed by atoms with Gasteiger partial charge in [-0.25, -0.2) is 12.8 Å². The van der Waals surface area contributed by atoms with Crippen molar-refractivity contribution in [2.45, 2.75) is 11.4 Å². The zero-order valence-electron chi connectivity index (χ0n) is 11.3. The first-order valence-electron chi connectivity index (χ1n) is 6.66. The minimum atomic E-state index is -3.69. The van der Waals surface area contributed by atoms with Crippen molar-refractivity contribution in [3.05, 3.63) is 59.9 Å². The number of hydrogen-bond donors (Lipinski definition) is 1. The monoisotopic (exact) mass is 306 g/mol. The number of anilines is 1. The molecule has 0 spiro atoms. The number of sulfonamides is 1. The summed E-state index contributed by atoms with van der Waals surface area (Å²) in [6.07, 6.45) is 0. The van der Waals surface area contributed by atoms with Crippen LogP contribution >= 0.6 is 0 Å². The molecule has 0 bridgehead atoms. The molecule has 1 N–H and O–H groups in total. The Morgan fingerprint density at radius 2 is 1.76 bits per heavy atom. The molecule has 0 amide bonds. The van der Waals surface area contributed by atoms with E-state index >= 15 is 0 Å². The van der Waals surface area contributed by atoms with Crippen LogP contribution in [0.3, 0.4) is 0 Å². The molecule has 4 nitrogen and oxygen atoms in total. The van der Waals surface area contributed by atoms with E-state index in [1.165, 1.54) is 16.4 Å². The number of nitrogens with zero attached hydrogens (tertiary/aromatic N) is 1. The second-order valence-electron chi connectivity index (χ2n) is 4.84. The number of halogens is 1. The molecule has 1 aliphatic rings. The summed E-state index contributed by atoms with van der Waals surface area (Å²) in [4.78, 5) is 0.0978. The average molecular weight is 306 g/mol. The number of rotatable bonds is 2. The first-order valence-corrected chi connectivity index (χ1v) is 8.10. The largest absolute Gasteiger partial charge is 0.311 e. The Morgan fingerprint density at radius 3 is 2.52 bits per heavy atom. The lowest BCUT2D eigenvalue weighted by molar-refractivity contribution is 0.588. The van der Waals surface area contributed by atoms with Crippen molar-refractivity contribution < 1.29 is 12.8 Å². The van der Waals surface area contributed by atoms with Gasteiger partial charge in [-0.1, -0.05) is 18.2 Å². The van der Waals surface area contributed by atoms with Crippen LogP contribution in [0.15, 0.2) is 53.4 Å². The molecule has 110 valence electrons. The molecular formula is C15H15FN2O2S. The van der Waals surface area contributed by atoms with Gasteiger partial charge in [0.15, 0.2) is 0 Å². The van der Waals surface area contributed by atoms with E-state index in [9.17, 15) is 12.8 Å². The lowest BCUT2D eigenvalue weighted by Crippen LogP contribution is -2.34. The third-order valence-electron chi connectivity index (χ3n) is 3.47. The highest BCUT2D eigenvalue weighted by molar-refractivity contribution is 7.92. The van der Waals surface area contributed by atoms with Crippen LogP contribution in [0.2, 0.25) is 0 Å². The van der Waals surface area contributed by atoms with Crippen LogP contribution < -0.4 is 9.62 Å². The van der Waals surface area contributed by atoms with E-state index in [0.29, 0.717) is 25.3 Å². The Morgan fingerprint density at radius 1 is 1.05 bits per heavy atom. The molecule has 2 aromatic carbocycles. The van der Waals surface area contributed by atoms with E-state index in [-0.39, 0.29) is 4.90 Å². The summed E-state index contributed by atoms with van der Waals surface area (Å²) in [5.41, 5.74) is 1.60. The Kier molecular flexibility index (Phi) is 3.65. The quantitative estimate of drug-likeness (QED) is 0.924. The minimum absolute atomic E-state index is 0.0978. The fourth-order valence-corrected chi connectivity index (χ4v) is 3.91. The molecule has 0 aromatic heterocycles. The molecule has 0 atom stereocenters. The van der Waals surface area contributed by atoms with Crippen molar-refractivity contribution in [3.63, 3.8) is 0 Å². The minimum Gasteiger partial charge on any atom is -0.311 e.